The molecule has 1 aliphatic rings. The molecule has 0 saturated carbocycles. The number of imidazole rings is 1. The Balaban J connectivity index is 1.87. The summed E-state index contributed by atoms with van der Waals surface area (Å²) in [6.07, 6.45) is 2.46. The number of aryl methyl sites for hydroxylation is 1. The van der Waals surface area contributed by atoms with Gasteiger partial charge in [0, 0.05) is 19.6 Å². The fraction of sp³-hybridized carbons (Fsp3) is 0.462. The van der Waals surface area contributed by atoms with Crippen LogP contribution >= 0.6 is 0 Å². The molecule has 1 aromatic carbocycles. The first kappa shape index (κ1) is 10.6. The molecule has 2 N–H and O–H groups in total. The Bertz CT molecular complexity index is 511. The number of hydrogen-bond donors (Lipinski definition) is 2. The monoisotopic (exact) mass is 230 g/mol. The molecule has 2 aromatic rings. The Morgan fingerprint density at radius 2 is 2.29 bits per heavy atom. The Morgan fingerprint density at radius 3 is 3.06 bits per heavy atom. The average Bonchev–Trinajstić information content (AvgIpc) is 2.68. The zero-order valence-corrected chi connectivity index (χ0v) is 10.1. The number of para-hydroxylation sites is 2. The predicted molar refractivity (Wildman–Crippen MR) is 70.2 cm³/mol. The normalized spacial score (nSPS) is 20.6. The van der Waals surface area contributed by atoms with Crippen molar-refractivity contribution in [2.45, 2.75) is 18.9 Å². The quantitative estimate of drug-likeness (QED) is 0.825. The van der Waals surface area contributed by atoms with E-state index in [4.69, 9.17) is 0 Å². The largest absolute Gasteiger partial charge is 0.352 e. The van der Waals surface area contributed by atoms with Crippen molar-refractivity contribution in [3.63, 3.8) is 0 Å². The minimum absolute atomic E-state index is 0.499. The molecule has 1 saturated heterocycles. The topological polar surface area (TPSA) is 41.9 Å². The van der Waals surface area contributed by atoms with Crippen LogP contribution in [0, 0.1) is 0 Å². The molecular weight excluding hydrogens is 212 g/mol. The van der Waals surface area contributed by atoms with Crippen LogP contribution in [0.15, 0.2) is 24.3 Å². The molecule has 0 spiro atoms. The van der Waals surface area contributed by atoms with E-state index < -0.39 is 0 Å². The highest BCUT2D eigenvalue weighted by atomic mass is 15.2. The van der Waals surface area contributed by atoms with Gasteiger partial charge in [-0.3, -0.25) is 0 Å². The van der Waals surface area contributed by atoms with E-state index in [-0.39, 0.29) is 0 Å². The van der Waals surface area contributed by atoms with E-state index >= 15 is 0 Å². The van der Waals surface area contributed by atoms with Crippen molar-refractivity contribution in [2.24, 2.45) is 7.05 Å². The van der Waals surface area contributed by atoms with E-state index in [1.165, 1.54) is 18.4 Å². The number of nitrogens with one attached hydrogen (secondary N) is 2. The van der Waals surface area contributed by atoms with Crippen molar-refractivity contribution < 1.29 is 0 Å². The summed E-state index contributed by atoms with van der Waals surface area (Å²) >= 11 is 0. The van der Waals surface area contributed by atoms with E-state index in [9.17, 15) is 0 Å². The maximum absolute atomic E-state index is 4.63. The van der Waals surface area contributed by atoms with Crippen LogP contribution in [-0.2, 0) is 7.05 Å². The number of hydrogen-bond acceptors (Lipinski definition) is 3. The molecule has 1 atom stereocenters. The van der Waals surface area contributed by atoms with Gasteiger partial charge in [-0.05, 0) is 31.5 Å². The molecular formula is C13H18N4. The number of fused-ring (bicyclic) bond motifs is 1. The summed E-state index contributed by atoms with van der Waals surface area (Å²) in [6.45, 7) is 2.17. The highest BCUT2D eigenvalue weighted by Crippen LogP contribution is 2.19. The van der Waals surface area contributed by atoms with E-state index in [1.54, 1.807) is 0 Å². The summed E-state index contributed by atoms with van der Waals surface area (Å²) in [5.74, 6) is 0.972. The maximum atomic E-state index is 4.63. The van der Waals surface area contributed by atoms with Crippen LogP contribution in [0.25, 0.3) is 11.0 Å². The second kappa shape index (κ2) is 4.37. The van der Waals surface area contributed by atoms with Gasteiger partial charge in [0.25, 0.3) is 0 Å². The number of aromatic nitrogens is 2. The summed E-state index contributed by atoms with van der Waals surface area (Å²) in [4.78, 5) is 4.63. The highest BCUT2D eigenvalue weighted by molar-refractivity contribution is 5.78. The van der Waals surface area contributed by atoms with E-state index in [0.29, 0.717) is 6.04 Å². The van der Waals surface area contributed by atoms with Crippen LogP contribution in [0.4, 0.5) is 5.95 Å². The van der Waals surface area contributed by atoms with Gasteiger partial charge >= 0.3 is 0 Å². The van der Waals surface area contributed by atoms with Gasteiger partial charge < -0.3 is 15.2 Å². The highest BCUT2D eigenvalue weighted by Gasteiger charge is 2.15. The lowest BCUT2D eigenvalue weighted by atomic mass is 10.1. The molecule has 90 valence electrons. The Morgan fingerprint density at radius 1 is 1.41 bits per heavy atom. The smallest absolute Gasteiger partial charge is 0.203 e. The standard InChI is InChI=1S/C13H18N4/c1-17-12-7-3-2-6-11(12)16-13(17)15-10-5-4-8-14-9-10/h2-3,6-7,10,14H,4-5,8-9H2,1H3,(H,15,16). The Labute approximate surface area is 101 Å². The molecule has 1 unspecified atom stereocenters. The van der Waals surface area contributed by atoms with Gasteiger partial charge in [-0.15, -0.1) is 0 Å². The lowest BCUT2D eigenvalue weighted by molar-refractivity contribution is 0.477. The van der Waals surface area contributed by atoms with Crippen LogP contribution in [0.3, 0.4) is 0 Å². The SMILES string of the molecule is Cn1c(NC2CCCNC2)nc2ccccc21. The predicted octanol–water partition coefficient (Wildman–Crippen LogP) is 1.74. The van der Waals surface area contributed by atoms with Gasteiger partial charge in [0.15, 0.2) is 0 Å². The van der Waals surface area contributed by atoms with Crippen molar-refractivity contribution >= 4 is 17.0 Å². The second-order valence-corrected chi connectivity index (χ2v) is 4.67. The molecule has 0 amide bonds. The van der Waals surface area contributed by atoms with Crippen LogP contribution in [0.1, 0.15) is 12.8 Å². The summed E-state index contributed by atoms with van der Waals surface area (Å²) < 4.78 is 2.13. The fourth-order valence-corrected chi connectivity index (χ4v) is 2.43. The summed E-state index contributed by atoms with van der Waals surface area (Å²) in [7, 11) is 2.06. The maximum Gasteiger partial charge on any atom is 0.203 e. The lowest BCUT2D eigenvalue weighted by Crippen LogP contribution is -2.38. The minimum atomic E-state index is 0.499. The molecule has 0 aliphatic carbocycles. The zero-order chi connectivity index (χ0) is 11.7. The van der Waals surface area contributed by atoms with Gasteiger partial charge in [0.05, 0.1) is 11.0 Å². The summed E-state index contributed by atoms with van der Waals surface area (Å²) in [6, 6.07) is 8.74. The van der Waals surface area contributed by atoms with Crippen LogP contribution in [0.2, 0.25) is 0 Å². The molecule has 3 rings (SSSR count). The number of nitrogens with zero attached hydrogens (tertiary/aromatic N) is 2. The lowest BCUT2D eigenvalue weighted by Gasteiger charge is -2.24. The first-order valence-electron chi connectivity index (χ1n) is 6.23. The van der Waals surface area contributed by atoms with Crippen molar-refractivity contribution in [1.82, 2.24) is 14.9 Å². The van der Waals surface area contributed by atoms with Gasteiger partial charge in [-0.25, -0.2) is 4.98 Å². The molecule has 0 radical (unpaired) electrons. The van der Waals surface area contributed by atoms with Gasteiger partial charge in [0.2, 0.25) is 5.95 Å². The first-order chi connectivity index (χ1) is 8.34. The van der Waals surface area contributed by atoms with Crippen LogP contribution in [0.5, 0.6) is 0 Å². The first-order valence-corrected chi connectivity index (χ1v) is 6.23. The van der Waals surface area contributed by atoms with Gasteiger partial charge in [0.1, 0.15) is 0 Å². The van der Waals surface area contributed by atoms with Crippen molar-refractivity contribution in [1.29, 1.82) is 0 Å². The molecule has 1 fully saturated rings. The van der Waals surface area contributed by atoms with Gasteiger partial charge in [-0.1, -0.05) is 12.1 Å². The van der Waals surface area contributed by atoms with Crippen molar-refractivity contribution in [3.05, 3.63) is 24.3 Å². The molecule has 4 nitrogen and oxygen atoms in total. The number of benzene rings is 1. The fourth-order valence-electron chi connectivity index (χ4n) is 2.43. The molecule has 4 heteroatoms. The summed E-state index contributed by atoms with van der Waals surface area (Å²) in [5, 5.41) is 6.94. The molecule has 2 heterocycles. The molecule has 1 aromatic heterocycles. The van der Waals surface area contributed by atoms with Gasteiger partial charge in [-0.2, -0.15) is 0 Å². The average molecular weight is 230 g/mol. The third-order valence-corrected chi connectivity index (χ3v) is 3.42. The molecule has 17 heavy (non-hydrogen) atoms. The third kappa shape index (κ3) is 2.00. The second-order valence-electron chi connectivity index (χ2n) is 4.67. The molecule has 0 bridgehead atoms. The number of anilines is 1. The minimum Gasteiger partial charge on any atom is -0.352 e. The third-order valence-electron chi connectivity index (χ3n) is 3.42. The number of rotatable bonds is 2. The van der Waals surface area contributed by atoms with Crippen LogP contribution < -0.4 is 10.6 Å². The number of piperidine rings is 1. The Kier molecular flexibility index (Phi) is 2.73. The van der Waals surface area contributed by atoms with Crippen molar-refractivity contribution in [2.75, 3.05) is 18.4 Å². The molecule has 1 aliphatic heterocycles. The van der Waals surface area contributed by atoms with E-state index in [1.807, 2.05) is 6.07 Å². The summed E-state index contributed by atoms with van der Waals surface area (Å²) in [5.41, 5.74) is 2.24. The van der Waals surface area contributed by atoms with Crippen molar-refractivity contribution in [3.8, 4) is 0 Å². The zero-order valence-electron chi connectivity index (χ0n) is 10.1. The van der Waals surface area contributed by atoms with Crippen LogP contribution in [-0.4, -0.2) is 28.7 Å². The van der Waals surface area contributed by atoms with E-state index in [2.05, 4.69) is 45.4 Å². The van der Waals surface area contributed by atoms with E-state index in [0.717, 1.165) is 24.6 Å². The Hall–Kier alpha value is -1.55.